The van der Waals surface area contributed by atoms with Crippen LogP contribution in [0.4, 0.5) is 0 Å². The molecule has 0 heterocycles. The van der Waals surface area contributed by atoms with Gasteiger partial charge in [-0.1, -0.05) is 6.07 Å². The van der Waals surface area contributed by atoms with Crippen LogP contribution in [0.5, 0.6) is 23.0 Å². The maximum absolute atomic E-state index is 10.9. The Hall–Kier alpha value is -2.89. The molecule has 0 unspecified atom stereocenters. The number of aromatic carboxylic acids is 1. The SMILES string of the molecule is COc1cc(-c2ccc(C(=O)O)c(O)c2)cc(OC)c1OC. The van der Waals surface area contributed by atoms with Crippen molar-refractivity contribution < 1.29 is 29.2 Å². The van der Waals surface area contributed by atoms with Gasteiger partial charge in [-0.05, 0) is 35.4 Å². The highest BCUT2D eigenvalue weighted by atomic mass is 16.5. The van der Waals surface area contributed by atoms with Crippen LogP contribution in [0.1, 0.15) is 10.4 Å². The molecule has 22 heavy (non-hydrogen) atoms. The molecule has 2 rings (SSSR count). The number of hydrogen-bond acceptors (Lipinski definition) is 5. The summed E-state index contributed by atoms with van der Waals surface area (Å²) in [6.07, 6.45) is 0. The molecule has 0 aliphatic rings. The van der Waals surface area contributed by atoms with Crippen molar-refractivity contribution in [3.05, 3.63) is 35.9 Å². The molecule has 0 aliphatic heterocycles. The second kappa shape index (κ2) is 6.26. The third-order valence-corrected chi connectivity index (χ3v) is 3.23. The third-order valence-electron chi connectivity index (χ3n) is 3.23. The number of methoxy groups -OCH3 is 3. The summed E-state index contributed by atoms with van der Waals surface area (Å²) in [5, 5.41) is 18.8. The van der Waals surface area contributed by atoms with Crippen LogP contribution < -0.4 is 14.2 Å². The van der Waals surface area contributed by atoms with Gasteiger partial charge in [-0.2, -0.15) is 0 Å². The molecule has 0 saturated heterocycles. The molecule has 0 atom stereocenters. The normalized spacial score (nSPS) is 10.1. The summed E-state index contributed by atoms with van der Waals surface area (Å²) in [5.74, 6) is -0.0925. The maximum Gasteiger partial charge on any atom is 0.339 e. The molecule has 0 saturated carbocycles. The molecule has 0 radical (unpaired) electrons. The van der Waals surface area contributed by atoms with Gasteiger partial charge in [0.2, 0.25) is 5.75 Å². The molecule has 0 aromatic heterocycles. The maximum atomic E-state index is 10.9. The van der Waals surface area contributed by atoms with E-state index in [1.54, 1.807) is 18.2 Å². The van der Waals surface area contributed by atoms with E-state index in [1.807, 2.05) is 0 Å². The Bertz CT molecular complexity index is 683. The van der Waals surface area contributed by atoms with E-state index in [0.717, 1.165) is 0 Å². The van der Waals surface area contributed by atoms with Crippen molar-refractivity contribution in [2.75, 3.05) is 21.3 Å². The van der Waals surface area contributed by atoms with E-state index in [9.17, 15) is 9.90 Å². The van der Waals surface area contributed by atoms with Gasteiger partial charge < -0.3 is 24.4 Å². The first-order chi connectivity index (χ1) is 10.5. The summed E-state index contributed by atoms with van der Waals surface area (Å²) < 4.78 is 15.8. The van der Waals surface area contributed by atoms with Crippen LogP contribution in [0.2, 0.25) is 0 Å². The Labute approximate surface area is 127 Å². The number of phenols is 1. The molecular weight excluding hydrogens is 288 g/mol. The fourth-order valence-corrected chi connectivity index (χ4v) is 2.14. The third kappa shape index (κ3) is 2.76. The van der Waals surface area contributed by atoms with Crippen molar-refractivity contribution in [2.45, 2.75) is 0 Å². The zero-order valence-electron chi connectivity index (χ0n) is 12.4. The first-order valence-corrected chi connectivity index (χ1v) is 6.38. The fraction of sp³-hybridized carbons (Fsp3) is 0.188. The van der Waals surface area contributed by atoms with Crippen molar-refractivity contribution in [3.8, 4) is 34.1 Å². The van der Waals surface area contributed by atoms with Gasteiger partial charge in [-0.25, -0.2) is 4.79 Å². The van der Waals surface area contributed by atoms with E-state index < -0.39 is 5.97 Å². The second-order valence-electron chi connectivity index (χ2n) is 4.45. The number of ether oxygens (including phenoxy) is 3. The number of carboxylic acids is 1. The Kier molecular flexibility index (Phi) is 4.41. The number of benzene rings is 2. The van der Waals surface area contributed by atoms with Crippen LogP contribution in [0.3, 0.4) is 0 Å². The minimum atomic E-state index is -1.19. The van der Waals surface area contributed by atoms with Crippen LogP contribution in [-0.2, 0) is 0 Å². The topological polar surface area (TPSA) is 85.2 Å². The number of aromatic hydroxyl groups is 1. The second-order valence-corrected chi connectivity index (χ2v) is 4.45. The van der Waals surface area contributed by atoms with Gasteiger partial charge in [0.15, 0.2) is 11.5 Å². The largest absolute Gasteiger partial charge is 0.507 e. The first kappa shape index (κ1) is 15.5. The van der Waals surface area contributed by atoms with Gasteiger partial charge in [0.1, 0.15) is 11.3 Å². The number of hydrogen-bond donors (Lipinski definition) is 2. The van der Waals surface area contributed by atoms with Crippen LogP contribution in [0.25, 0.3) is 11.1 Å². The summed E-state index contributed by atoms with van der Waals surface area (Å²) in [5.41, 5.74) is 1.17. The minimum absolute atomic E-state index is 0.156. The van der Waals surface area contributed by atoms with E-state index in [1.165, 1.54) is 33.5 Å². The van der Waals surface area contributed by atoms with Gasteiger partial charge >= 0.3 is 5.97 Å². The zero-order valence-corrected chi connectivity index (χ0v) is 12.4. The summed E-state index contributed by atoms with van der Waals surface area (Å²) >= 11 is 0. The molecule has 0 amide bonds. The molecule has 116 valence electrons. The monoisotopic (exact) mass is 304 g/mol. The quantitative estimate of drug-likeness (QED) is 0.883. The Morgan fingerprint density at radius 3 is 1.91 bits per heavy atom. The average Bonchev–Trinajstić information content (AvgIpc) is 2.52. The van der Waals surface area contributed by atoms with E-state index >= 15 is 0 Å². The van der Waals surface area contributed by atoms with E-state index in [2.05, 4.69) is 0 Å². The standard InChI is InChI=1S/C16H16O6/c1-20-13-7-10(8-14(21-2)15(13)22-3)9-4-5-11(16(18)19)12(17)6-9/h4-8,17H,1-3H3,(H,18,19). The highest BCUT2D eigenvalue weighted by Gasteiger charge is 2.16. The molecule has 6 nitrogen and oxygen atoms in total. The predicted octanol–water partition coefficient (Wildman–Crippen LogP) is 2.78. The summed E-state index contributed by atoms with van der Waals surface area (Å²) in [4.78, 5) is 10.9. The number of rotatable bonds is 5. The lowest BCUT2D eigenvalue weighted by Gasteiger charge is -2.14. The Balaban J connectivity index is 2.57. The Morgan fingerprint density at radius 2 is 1.50 bits per heavy atom. The summed E-state index contributed by atoms with van der Waals surface area (Å²) in [7, 11) is 4.52. The zero-order chi connectivity index (χ0) is 16.3. The van der Waals surface area contributed by atoms with E-state index in [-0.39, 0.29) is 11.3 Å². The molecule has 0 bridgehead atoms. The molecule has 2 aromatic carbocycles. The number of carboxylic acid groups (broad SMARTS) is 1. The van der Waals surface area contributed by atoms with E-state index in [4.69, 9.17) is 19.3 Å². The first-order valence-electron chi connectivity index (χ1n) is 6.38. The lowest BCUT2D eigenvalue weighted by Crippen LogP contribution is -1.97. The van der Waals surface area contributed by atoms with Gasteiger partial charge in [0, 0.05) is 0 Å². The predicted molar refractivity (Wildman–Crippen MR) is 80.2 cm³/mol. The summed E-state index contributed by atoms with van der Waals surface area (Å²) in [6.45, 7) is 0. The molecule has 2 aromatic rings. The van der Waals surface area contributed by atoms with Gasteiger partial charge in [-0.3, -0.25) is 0 Å². The highest BCUT2D eigenvalue weighted by molar-refractivity contribution is 5.91. The van der Waals surface area contributed by atoms with E-state index in [0.29, 0.717) is 28.4 Å². The molecule has 6 heteroatoms. The van der Waals surface area contributed by atoms with Crippen LogP contribution >= 0.6 is 0 Å². The molecule has 0 spiro atoms. The van der Waals surface area contributed by atoms with Crippen molar-refractivity contribution >= 4 is 5.97 Å². The van der Waals surface area contributed by atoms with Gasteiger partial charge in [0.25, 0.3) is 0 Å². The van der Waals surface area contributed by atoms with Gasteiger partial charge in [-0.15, -0.1) is 0 Å². The molecule has 0 aliphatic carbocycles. The Morgan fingerprint density at radius 1 is 0.909 bits per heavy atom. The van der Waals surface area contributed by atoms with Crippen molar-refractivity contribution in [2.24, 2.45) is 0 Å². The van der Waals surface area contributed by atoms with Crippen molar-refractivity contribution in [3.63, 3.8) is 0 Å². The molecule has 2 N–H and O–H groups in total. The minimum Gasteiger partial charge on any atom is -0.507 e. The van der Waals surface area contributed by atoms with Crippen LogP contribution in [0.15, 0.2) is 30.3 Å². The number of carbonyl (C=O) groups is 1. The van der Waals surface area contributed by atoms with Crippen LogP contribution in [0, 0.1) is 0 Å². The summed E-state index contributed by atoms with van der Waals surface area (Å²) in [6, 6.07) is 7.76. The molecular formula is C16H16O6. The molecule has 0 fully saturated rings. The smallest absolute Gasteiger partial charge is 0.339 e. The lowest BCUT2D eigenvalue weighted by molar-refractivity contribution is 0.0694. The van der Waals surface area contributed by atoms with Crippen molar-refractivity contribution in [1.82, 2.24) is 0 Å². The van der Waals surface area contributed by atoms with Crippen LogP contribution in [-0.4, -0.2) is 37.5 Å². The fourth-order valence-electron chi connectivity index (χ4n) is 2.14. The average molecular weight is 304 g/mol. The van der Waals surface area contributed by atoms with Gasteiger partial charge in [0.05, 0.1) is 21.3 Å². The highest BCUT2D eigenvalue weighted by Crippen LogP contribution is 2.41. The van der Waals surface area contributed by atoms with Crippen molar-refractivity contribution in [1.29, 1.82) is 0 Å². The lowest BCUT2D eigenvalue weighted by atomic mass is 10.0.